The quantitative estimate of drug-likeness (QED) is 0.163. The summed E-state index contributed by atoms with van der Waals surface area (Å²) in [5.41, 5.74) is 2.54. The molecule has 5 rings (SSSR count). The van der Waals surface area contributed by atoms with Crippen molar-refractivity contribution in [3.8, 4) is 11.1 Å². The van der Waals surface area contributed by atoms with Crippen molar-refractivity contribution in [2.45, 2.75) is 11.4 Å². The number of sulfonamides is 1. The number of hydrogen-bond acceptors (Lipinski definition) is 6. The molecule has 0 fully saturated rings. The molecule has 0 spiro atoms. The summed E-state index contributed by atoms with van der Waals surface area (Å²) >= 11 is 5.92. The highest BCUT2D eigenvalue weighted by molar-refractivity contribution is 7.92. The molecular weight excluding hydrogens is 544 g/mol. The van der Waals surface area contributed by atoms with Crippen LogP contribution in [0.15, 0.2) is 106 Å². The molecule has 11 heteroatoms. The number of hydrogen-bond donors (Lipinski definition) is 1. The predicted octanol–water partition coefficient (Wildman–Crippen LogP) is 6.76. The smallest absolute Gasteiger partial charge is 0.371 e. The molecular formula is C28H19ClN2O7S. The Bertz CT molecular complexity index is 1820. The van der Waals surface area contributed by atoms with Crippen LogP contribution in [-0.4, -0.2) is 24.4 Å². The van der Waals surface area contributed by atoms with Gasteiger partial charge in [-0.05, 0) is 53.1 Å². The van der Waals surface area contributed by atoms with E-state index in [9.17, 15) is 28.4 Å². The summed E-state index contributed by atoms with van der Waals surface area (Å²) in [6.45, 7) is -0.108. The SMILES string of the molecule is O=C(O)c1cc2cc(N(Cc3ccc(-c4ccccc4)cc3)S(=O)(=O)c3ccc(Cl)c([N+](=O)[O-])c3)ccc2o1. The Morgan fingerprint density at radius 1 is 0.923 bits per heavy atom. The first-order valence-corrected chi connectivity index (χ1v) is 13.3. The Morgan fingerprint density at radius 3 is 2.28 bits per heavy atom. The highest BCUT2D eigenvalue weighted by Crippen LogP contribution is 2.34. The van der Waals surface area contributed by atoms with E-state index in [-0.39, 0.29) is 33.5 Å². The number of nitro benzene ring substituents is 1. The van der Waals surface area contributed by atoms with Gasteiger partial charge in [-0.25, -0.2) is 13.2 Å². The van der Waals surface area contributed by atoms with Gasteiger partial charge in [0.05, 0.1) is 22.1 Å². The Balaban J connectivity index is 1.59. The molecule has 0 saturated carbocycles. The van der Waals surface area contributed by atoms with Crippen molar-refractivity contribution in [2.75, 3.05) is 4.31 Å². The van der Waals surface area contributed by atoms with E-state index in [2.05, 4.69) is 0 Å². The van der Waals surface area contributed by atoms with Gasteiger partial charge < -0.3 is 9.52 Å². The molecule has 0 aliphatic rings. The summed E-state index contributed by atoms with van der Waals surface area (Å²) in [4.78, 5) is 21.7. The number of nitrogens with zero attached hydrogens (tertiary/aromatic N) is 2. The number of fused-ring (bicyclic) bond motifs is 1. The largest absolute Gasteiger partial charge is 0.475 e. The first-order valence-electron chi connectivity index (χ1n) is 11.5. The number of aromatic carboxylic acids is 1. The van der Waals surface area contributed by atoms with E-state index in [0.29, 0.717) is 10.9 Å². The number of nitro groups is 1. The van der Waals surface area contributed by atoms with Gasteiger partial charge in [0, 0.05) is 11.5 Å². The van der Waals surface area contributed by atoms with Gasteiger partial charge in [0.2, 0.25) is 5.76 Å². The molecule has 0 atom stereocenters. The molecule has 0 bridgehead atoms. The second-order valence-electron chi connectivity index (χ2n) is 8.58. The maximum absolute atomic E-state index is 13.9. The first-order chi connectivity index (χ1) is 18.6. The van der Waals surface area contributed by atoms with E-state index in [4.69, 9.17) is 16.0 Å². The van der Waals surface area contributed by atoms with Gasteiger partial charge in [-0.15, -0.1) is 0 Å². The van der Waals surface area contributed by atoms with Crippen LogP contribution in [0.2, 0.25) is 5.02 Å². The first kappa shape index (κ1) is 26.0. The molecule has 5 aromatic rings. The molecule has 0 unspecified atom stereocenters. The van der Waals surface area contributed by atoms with Crippen molar-refractivity contribution < 1.29 is 27.7 Å². The summed E-state index contributed by atoms with van der Waals surface area (Å²) < 4.78 is 34.2. The third-order valence-electron chi connectivity index (χ3n) is 6.09. The van der Waals surface area contributed by atoms with Crippen molar-refractivity contribution in [1.29, 1.82) is 0 Å². The minimum absolute atomic E-state index is 0.108. The lowest BCUT2D eigenvalue weighted by molar-refractivity contribution is -0.384. The zero-order chi connectivity index (χ0) is 27.7. The summed E-state index contributed by atoms with van der Waals surface area (Å²) in [6, 6.07) is 26.1. The summed E-state index contributed by atoms with van der Waals surface area (Å²) in [5, 5.41) is 20.9. The minimum Gasteiger partial charge on any atom is -0.475 e. The van der Waals surface area contributed by atoms with Crippen LogP contribution >= 0.6 is 11.6 Å². The van der Waals surface area contributed by atoms with Gasteiger partial charge in [0.15, 0.2) is 0 Å². The van der Waals surface area contributed by atoms with Crippen molar-refractivity contribution in [3.63, 3.8) is 0 Å². The normalized spacial score (nSPS) is 11.4. The number of furan rings is 1. The van der Waals surface area contributed by atoms with E-state index in [1.165, 1.54) is 30.3 Å². The highest BCUT2D eigenvalue weighted by Gasteiger charge is 2.29. The predicted molar refractivity (Wildman–Crippen MR) is 147 cm³/mol. The number of carboxylic acid groups (broad SMARTS) is 1. The van der Waals surface area contributed by atoms with Gasteiger partial charge in [-0.2, -0.15) is 0 Å². The Hall–Kier alpha value is -4.67. The number of carbonyl (C=O) groups is 1. The van der Waals surface area contributed by atoms with Crippen LogP contribution in [-0.2, 0) is 16.6 Å². The number of halogens is 1. The van der Waals surface area contributed by atoms with Gasteiger partial charge in [-0.1, -0.05) is 66.2 Å². The fourth-order valence-electron chi connectivity index (χ4n) is 4.13. The van der Waals surface area contributed by atoms with E-state index in [0.717, 1.165) is 27.6 Å². The molecule has 0 saturated heterocycles. The third kappa shape index (κ3) is 5.20. The van der Waals surface area contributed by atoms with Crippen molar-refractivity contribution in [2.24, 2.45) is 0 Å². The van der Waals surface area contributed by atoms with Gasteiger partial charge in [0.25, 0.3) is 15.7 Å². The van der Waals surface area contributed by atoms with Gasteiger partial charge >= 0.3 is 5.97 Å². The average Bonchev–Trinajstić information content (AvgIpc) is 3.36. The molecule has 0 amide bonds. The summed E-state index contributed by atoms with van der Waals surface area (Å²) in [7, 11) is -4.34. The maximum atomic E-state index is 13.9. The molecule has 1 aromatic heterocycles. The van der Waals surface area contributed by atoms with Crippen LogP contribution < -0.4 is 4.31 Å². The molecule has 0 aliphatic heterocycles. The molecule has 39 heavy (non-hydrogen) atoms. The summed E-state index contributed by atoms with van der Waals surface area (Å²) in [6.07, 6.45) is 0. The van der Waals surface area contributed by atoms with Gasteiger partial charge in [0.1, 0.15) is 10.6 Å². The van der Waals surface area contributed by atoms with E-state index < -0.39 is 26.6 Å². The van der Waals surface area contributed by atoms with Crippen LogP contribution in [0, 0.1) is 10.1 Å². The highest BCUT2D eigenvalue weighted by atomic mass is 35.5. The van der Waals surface area contributed by atoms with E-state index in [1.54, 1.807) is 12.1 Å². The van der Waals surface area contributed by atoms with Crippen molar-refractivity contribution in [3.05, 3.63) is 124 Å². The van der Waals surface area contributed by atoms with Crippen LogP contribution in [0.25, 0.3) is 22.1 Å². The lowest BCUT2D eigenvalue weighted by Gasteiger charge is -2.25. The van der Waals surface area contributed by atoms with Gasteiger partial charge in [-0.3, -0.25) is 14.4 Å². The van der Waals surface area contributed by atoms with E-state index in [1.807, 2.05) is 42.5 Å². The topological polar surface area (TPSA) is 131 Å². The Kier molecular flexibility index (Phi) is 6.81. The molecule has 196 valence electrons. The van der Waals surface area contributed by atoms with E-state index >= 15 is 0 Å². The lowest BCUT2D eigenvalue weighted by atomic mass is 10.0. The third-order valence-corrected chi connectivity index (χ3v) is 8.18. The van der Waals surface area contributed by atoms with Crippen molar-refractivity contribution in [1.82, 2.24) is 0 Å². The number of anilines is 1. The number of rotatable bonds is 8. The molecule has 9 nitrogen and oxygen atoms in total. The van der Waals surface area contributed by atoms with Crippen LogP contribution in [0.5, 0.6) is 0 Å². The number of benzene rings is 4. The minimum atomic E-state index is -4.34. The molecule has 4 aromatic carbocycles. The molecule has 0 aliphatic carbocycles. The fraction of sp³-hybridized carbons (Fsp3) is 0.0357. The molecule has 0 radical (unpaired) electrons. The van der Waals surface area contributed by atoms with Crippen molar-refractivity contribution >= 4 is 49.9 Å². The zero-order valence-electron chi connectivity index (χ0n) is 20.0. The lowest BCUT2D eigenvalue weighted by Crippen LogP contribution is -2.30. The molecule has 1 heterocycles. The second kappa shape index (κ2) is 10.2. The van der Waals surface area contributed by atoms with Crippen LogP contribution in [0.1, 0.15) is 16.1 Å². The van der Waals surface area contributed by atoms with Crippen LogP contribution in [0.3, 0.4) is 0 Å². The van der Waals surface area contributed by atoms with Crippen LogP contribution in [0.4, 0.5) is 11.4 Å². The Labute approximate surface area is 227 Å². The average molecular weight is 563 g/mol. The monoisotopic (exact) mass is 562 g/mol. The second-order valence-corrected chi connectivity index (χ2v) is 10.9. The summed E-state index contributed by atoms with van der Waals surface area (Å²) in [5.74, 6) is -1.55. The zero-order valence-corrected chi connectivity index (χ0v) is 21.6. The molecule has 1 N–H and O–H groups in total. The Morgan fingerprint density at radius 2 is 1.62 bits per heavy atom. The standard InChI is InChI=1S/C28H19ClN2O7S/c29-24-12-11-23(16-25(24)31(34)35)39(36,37)30(22-10-13-26-21(14-22)15-27(38-26)28(32)33)17-18-6-8-20(9-7-18)19-4-2-1-3-5-19/h1-16H,17H2,(H,32,33). The maximum Gasteiger partial charge on any atom is 0.371 e. The fourth-order valence-corrected chi connectivity index (χ4v) is 5.78. The number of carboxylic acids is 1.